The second-order valence-electron chi connectivity index (χ2n) is 4.84. The summed E-state index contributed by atoms with van der Waals surface area (Å²) in [6, 6.07) is 0.583. The first-order valence-electron chi connectivity index (χ1n) is 6.31. The van der Waals surface area contributed by atoms with E-state index in [2.05, 4.69) is 10.2 Å². The summed E-state index contributed by atoms with van der Waals surface area (Å²) in [5, 5.41) is 3.42. The van der Waals surface area contributed by atoms with Gasteiger partial charge in [0.15, 0.2) is 0 Å². The lowest BCUT2D eigenvalue weighted by Gasteiger charge is -2.30. The zero-order chi connectivity index (χ0) is 10.7. The van der Waals surface area contributed by atoms with Gasteiger partial charge in [-0.2, -0.15) is 0 Å². The summed E-state index contributed by atoms with van der Waals surface area (Å²) in [7, 11) is 0. The van der Waals surface area contributed by atoms with Crippen LogP contribution in [0.1, 0.15) is 39.0 Å². The molecule has 2 rings (SSSR count). The van der Waals surface area contributed by atoms with E-state index < -0.39 is 0 Å². The third-order valence-electron chi connectivity index (χ3n) is 3.46. The van der Waals surface area contributed by atoms with Crippen LogP contribution in [0.25, 0.3) is 0 Å². The van der Waals surface area contributed by atoms with Crippen LogP contribution in [-0.4, -0.2) is 36.5 Å². The predicted molar refractivity (Wildman–Crippen MR) is 60.6 cm³/mol. The Kier molecular flexibility index (Phi) is 3.62. The highest BCUT2D eigenvalue weighted by atomic mass is 16.2. The van der Waals surface area contributed by atoms with Gasteiger partial charge in [0.1, 0.15) is 0 Å². The van der Waals surface area contributed by atoms with Gasteiger partial charge >= 0.3 is 0 Å². The first-order chi connectivity index (χ1) is 7.31. The summed E-state index contributed by atoms with van der Waals surface area (Å²) in [6.45, 7) is 5.21. The van der Waals surface area contributed by atoms with Gasteiger partial charge in [0, 0.05) is 19.0 Å². The maximum atomic E-state index is 11.8. The Labute approximate surface area is 92.2 Å². The van der Waals surface area contributed by atoms with E-state index in [-0.39, 0.29) is 0 Å². The number of piperidine rings is 1. The lowest BCUT2D eigenvalue weighted by molar-refractivity contribution is -0.132. The summed E-state index contributed by atoms with van der Waals surface area (Å²) in [5.41, 5.74) is 0. The maximum Gasteiger partial charge on any atom is 0.222 e. The van der Waals surface area contributed by atoms with E-state index in [1.54, 1.807) is 0 Å². The van der Waals surface area contributed by atoms with E-state index in [1.165, 1.54) is 25.7 Å². The molecule has 0 bridgehead atoms. The average Bonchev–Trinajstić information content (AvgIpc) is 3.10. The second kappa shape index (κ2) is 4.97. The molecule has 1 amide bonds. The highest BCUT2D eigenvalue weighted by Gasteiger charge is 2.33. The fourth-order valence-corrected chi connectivity index (χ4v) is 2.40. The van der Waals surface area contributed by atoms with Gasteiger partial charge in [-0.05, 0) is 44.7 Å². The van der Waals surface area contributed by atoms with Crippen LogP contribution < -0.4 is 5.32 Å². The van der Waals surface area contributed by atoms with Crippen molar-refractivity contribution in [1.29, 1.82) is 0 Å². The minimum Gasteiger partial charge on any atom is -0.339 e. The van der Waals surface area contributed by atoms with Gasteiger partial charge in [0.2, 0.25) is 5.91 Å². The molecule has 1 heterocycles. The molecular weight excluding hydrogens is 188 g/mol. The number of amides is 1. The second-order valence-corrected chi connectivity index (χ2v) is 4.84. The van der Waals surface area contributed by atoms with E-state index in [9.17, 15) is 4.79 Å². The van der Waals surface area contributed by atoms with Crippen molar-refractivity contribution in [3.63, 3.8) is 0 Å². The van der Waals surface area contributed by atoms with Crippen molar-refractivity contribution >= 4 is 5.91 Å². The van der Waals surface area contributed by atoms with Crippen molar-refractivity contribution in [3.8, 4) is 0 Å². The fraction of sp³-hybridized carbons (Fsp3) is 0.917. The molecule has 1 atom stereocenters. The van der Waals surface area contributed by atoms with Crippen molar-refractivity contribution in [2.75, 3.05) is 19.6 Å². The van der Waals surface area contributed by atoms with Gasteiger partial charge in [0.25, 0.3) is 0 Å². The van der Waals surface area contributed by atoms with Crippen molar-refractivity contribution < 1.29 is 4.79 Å². The molecular formula is C12H22N2O. The highest BCUT2D eigenvalue weighted by molar-refractivity contribution is 5.76. The molecule has 1 unspecified atom stereocenters. The Morgan fingerprint density at radius 1 is 1.40 bits per heavy atom. The molecule has 15 heavy (non-hydrogen) atoms. The molecule has 1 saturated carbocycles. The van der Waals surface area contributed by atoms with Gasteiger partial charge in [-0.3, -0.25) is 4.79 Å². The van der Waals surface area contributed by atoms with Crippen molar-refractivity contribution in [1.82, 2.24) is 10.2 Å². The monoisotopic (exact) mass is 210 g/mol. The standard InChI is InChI=1S/C12H22N2O/c1-2-12(15)14(11-5-6-11)9-10-4-3-7-13-8-10/h10-11,13H,2-9H2,1H3. The summed E-state index contributed by atoms with van der Waals surface area (Å²) in [5.74, 6) is 1.04. The molecule has 86 valence electrons. The maximum absolute atomic E-state index is 11.8. The first-order valence-corrected chi connectivity index (χ1v) is 6.31. The first kappa shape index (κ1) is 10.9. The van der Waals surface area contributed by atoms with Crippen LogP contribution in [0.3, 0.4) is 0 Å². The van der Waals surface area contributed by atoms with Gasteiger partial charge < -0.3 is 10.2 Å². The van der Waals surface area contributed by atoms with Crippen molar-refractivity contribution in [3.05, 3.63) is 0 Å². The summed E-state index contributed by atoms with van der Waals surface area (Å²) in [4.78, 5) is 13.9. The summed E-state index contributed by atoms with van der Waals surface area (Å²) >= 11 is 0. The number of nitrogens with zero attached hydrogens (tertiary/aromatic N) is 1. The van der Waals surface area contributed by atoms with Crippen LogP contribution in [0.2, 0.25) is 0 Å². The molecule has 3 nitrogen and oxygen atoms in total. The van der Waals surface area contributed by atoms with Crippen LogP contribution in [0.4, 0.5) is 0 Å². The molecule has 2 fully saturated rings. The van der Waals surface area contributed by atoms with E-state index in [0.29, 0.717) is 24.3 Å². The summed E-state index contributed by atoms with van der Waals surface area (Å²) in [6.07, 6.45) is 5.67. The minimum atomic E-state index is 0.350. The topological polar surface area (TPSA) is 32.3 Å². The Morgan fingerprint density at radius 2 is 2.20 bits per heavy atom. The van der Waals surface area contributed by atoms with Crippen LogP contribution >= 0.6 is 0 Å². The number of hydrogen-bond acceptors (Lipinski definition) is 2. The Balaban J connectivity index is 1.84. The molecule has 1 aliphatic heterocycles. The molecule has 3 heteroatoms. The molecule has 0 spiro atoms. The number of nitrogens with one attached hydrogen (secondary N) is 1. The normalized spacial score (nSPS) is 26.3. The van der Waals surface area contributed by atoms with Crippen LogP contribution in [0.15, 0.2) is 0 Å². The highest BCUT2D eigenvalue weighted by Crippen LogP contribution is 2.29. The molecule has 0 aromatic rings. The van der Waals surface area contributed by atoms with Crippen LogP contribution in [-0.2, 0) is 4.79 Å². The summed E-state index contributed by atoms with van der Waals surface area (Å²) < 4.78 is 0. The fourth-order valence-electron chi connectivity index (χ4n) is 2.40. The van der Waals surface area contributed by atoms with Crippen LogP contribution in [0.5, 0.6) is 0 Å². The van der Waals surface area contributed by atoms with Crippen LogP contribution in [0, 0.1) is 5.92 Å². The average molecular weight is 210 g/mol. The third-order valence-corrected chi connectivity index (χ3v) is 3.46. The minimum absolute atomic E-state index is 0.350. The number of rotatable bonds is 4. The smallest absolute Gasteiger partial charge is 0.222 e. The number of carbonyl (C=O) groups excluding carboxylic acids is 1. The predicted octanol–water partition coefficient (Wildman–Crippen LogP) is 1.39. The van der Waals surface area contributed by atoms with Crippen molar-refractivity contribution in [2.24, 2.45) is 5.92 Å². The number of hydrogen-bond donors (Lipinski definition) is 1. The molecule has 1 saturated heterocycles. The van der Waals surface area contributed by atoms with Crippen molar-refractivity contribution in [2.45, 2.75) is 45.1 Å². The van der Waals surface area contributed by atoms with Gasteiger partial charge in [-0.25, -0.2) is 0 Å². The van der Waals surface area contributed by atoms with Gasteiger partial charge in [0.05, 0.1) is 0 Å². The quantitative estimate of drug-likeness (QED) is 0.760. The largest absolute Gasteiger partial charge is 0.339 e. The van der Waals surface area contributed by atoms with E-state index in [1.807, 2.05) is 6.92 Å². The van der Waals surface area contributed by atoms with E-state index in [4.69, 9.17) is 0 Å². The van der Waals surface area contributed by atoms with Gasteiger partial charge in [-0.1, -0.05) is 6.92 Å². The lowest BCUT2D eigenvalue weighted by atomic mass is 9.99. The Morgan fingerprint density at radius 3 is 2.73 bits per heavy atom. The van der Waals surface area contributed by atoms with E-state index >= 15 is 0 Å². The third kappa shape index (κ3) is 2.94. The molecule has 2 aliphatic rings. The molecule has 0 radical (unpaired) electrons. The van der Waals surface area contributed by atoms with E-state index in [0.717, 1.165) is 19.6 Å². The van der Waals surface area contributed by atoms with Gasteiger partial charge in [-0.15, -0.1) is 0 Å². The molecule has 0 aromatic heterocycles. The molecule has 0 aromatic carbocycles. The molecule has 1 N–H and O–H groups in total. The lowest BCUT2D eigenvalue weighted by Crippen LogP contribution is -2.41. The zero-order valence-corrected chi connectivity index (χ0v) is 9.67. The Bertz CT molecular complexity index is 220. The SMILES string of the molecule is CCC(=O)N(CC1CCCNC1)C1CC1. The zero-order valence-electron chi connectivity index (χ0n) is 9.67. The molecule has 1 aliphatic carbocycles. The number of carbonyl (C=O) groups is 1. The Hall–Kier alpha value is -0.570.